The van der Waals surface area contributed by atoms with E-state index in [1.54, 1.807) is 0 Å². The normalized spacial score (nSPS) is 28.5. The van der Waals surface area contributed by atoms with Crippen molar-refractivity contribution < 1.29 is 22.0 Å². The highest BCUT2D eigenvalue weighted by atomic mass is 19.4. The van der Waals surface area contributed by atoms with Crippen molar-refractivity contribution in [3.63, 3.8) is 0 Å². The molecular formula is C24H33F5. The number of hydrogen-bond acceptors (Lipinski definition) is 0. The lowest BCUT2D eigenvalue weighted by Gasteiger charge is -2.32. The molecule has 0 radical (unpaired) electrons. The number of alkyl halides is 3. The van der Waals surface area contributed by atoms with E-state index >= 15 is 0 Å². The minimum Gasteiger partial charge on any atom is -0.206 e. The van der Waals surface area contributed by atoms with Gasteiger partial charge in [-0.3, -0.25) is 0 Å². The van der Waals surface area contributed by atoms with Crippen LogP contribution in [0.1, 0.15) is 101 Å². The van der Waals surface area contributed by atoms with Crippen LogP contribution >= 0.6 is 0 Å². The van der Waals surface area contributed by atoms with E-state index in [-0.39, 0.29) is 5.92 Å². The zero-order chi connectivity index (χ0) is 21.0. The highest BCUT2D eigenvalue weighted by molar-refractivity contribution is 5.30. The summed E-state index contributed by atoms with van der Waals surface area (Å²) in [7, 11) is 0. The molecule has 29 heavy (non-hydrogen) atoms. The van der Waals surface area contributed by atoms with Crippen molar-refractivity contribution in [1.82, 2.24) is 0 Å². The maximum Gasteiger partial charge on any atom is 0.422 e. The minimum atomic E-state index is -5.00. The van der Waals surface area contributed by atoms with Crippen molar-refractivity contribution in [3.8, 4) is 0 Å². The highest BCUT2D eigenvalue weighted by Gasteiger charge is 2.38. The lowest BCUT2D eigenvalue weighted by molar-refractivity contribution is -0.142. The van der Waals surface area contributed by atoms with E-state index < -0.39 is 23.4 Å². The van der Waals surface area contributed by atoms with Gasteiger partial charge in [0.2, 0.25) is 0 Å². The van der Waals surface area contributed by atoms with Gasteiger partial charge in [-0.1, -0.05) is 58.3 Å². The van der Waals surface area contributed by atoms with E-state index in [2.05, 4.69) is 6.92 Å². The van der Waals surface area contributed by atoms with Crippen molar-refractivity contribution in [3.05, 3.63) is 34.9 Å². The lowest BCUT2D eigenvalue weighted by atomic mass is 9.74. The maximum atomic E-state index is 13.9. The molecule has 0 heterocycles. The third kappa shape index (κ3) is 5.95. The number of hydrogen-bond donors (Lipinski definition) is 0. The molecule has 0 bridgehead atoms. The molecule has 2 saturated carbocycles. The summed E-state index contributed by atoms with van der Waals surface area (Å²) in [5.74, 6) is -0.609. The van der Waals surface area contributed by atoms with E-state index in [1.165, 1.54) is 51.4 Å². The molecule has 0 spiro atoms. The number of halogens is 5. The Bertz CT molecular complexity index is 627. The quantitative estimate of drug-likeness (QED) is 0.407. The van der Waals surface area contributed by atoms with Crippen LogP contribution in [0, 0.1) is 29.4 Å². The molecule has 0 unspecified atom stereocenters. The highest BCUT2D eigenvalue weighted by Crippen LogP contribution is 2.42. The van der Waals surface area contributed by atoms with Gasteiger partial charge in [0.05, 0.1) is 0 Å². The fraction of sp³-hybridized carbons (Fsp3) is 0.750. The molecule has 0 nitrogen and oxygen atoms in total. The summed E-state index contributed by atoms with van der Waals surface area (Å²) in [4.78, 5) is 0. The van der Waals surface area contributed by atoms with Crippen LogP contribution in [0.15, 0.2) is 12.1 Å². The van der Waals surface area contributed by atoms with Gasteiger partial charge in [-0.25, -0.2) is 8.78 Å². The summed E-state index contributed by atoms with van der Waals surface area (Å²) < 4.78 is 66.0. The first-order chi connectivity index (χ1) is 13.8. The van der Waals surface area contributed by atoms with Gasteiger partial charge in [0.25, 0.3) is 0 Å². The van der Waals surface area contributed by atoms with Crippen LogP contribution in [0.25, 0.3) is 0 Å². The Balaban J connectivity index is 1.46. The maximum absolute atomic E-state index is 13.9. The van der Waals surface area contributed by atoms with Crippen LogP contribution in [0.2, 0.25) is 0 Å². The first kappa shape index (κ1) is 22.6. The van der Waals surface area contributed by atoms with Crippen molar-refractivity contribution in [2.24, 2.45) is 17.8 Å². The van der Waals surface area contributed by atoms with Gasteiger partial charge in [0, 0.05) is 0 Å². The molecule has 3 rings (SSSR count). The van der Waals surface area contributed by atoms with E-state index in [1.807, 2.05) is 0 Å². The van der Waals surface area contributed by atoms with Gasteiger partial charge in [-0.2, -0.15) is 13.2 Å². The van der Waals surface area contributed by atoms with E-state index in [0.29, 0.717) is 11.5 Å². The van der Waals surface area contributed by atoms with Gasteiger partial charge in [-0.05, 0) is 67.1 Å². The molecule has 5 heteroatoms. The van der Waals surface area contributed by atoms with Crippen molar-refractivity contribution >= 4 is 0 Å². The Kier molecular flexibility index (Phi) is 7.61. The second-order valence-corrected chi connectivity index (χ2v) is 9.33. The van der Waals surface area contributed by atoms with Crippen LogP contribution in [0.4, 0.5) is 22.0 Å². The van der Waals surface area contributed by atoms with Crippen LogP contribution in [0.3, 0.4) is 0 Å². The van der Waals surface area contributed by atoms with Crippen LogP contribution in [0.5, 0.6) is 0 Å². The van der Waals surface area contributed by atoms with Gasteiger partial charge in [-0.15, -0.1) is 0 Å². The molecule has 0 atom stereocenters. The zero-order valence-electron chi connectivity index (χ0n) is 17.3. The van der Waals surface area contributed by atoms with E-state index in [4.69, 9.17) is 0 Å². The average molecular weight is 417 g/mol. The molecule has 0 aromatic heterocycles. The molecule has 2 aliphatic carbocycles. The Hall–Kier alpha value is -1.13. The summed E-state index contributed by atoms with van der Waals surface area (Å²) >= 11 is 0. The van der Waals surface area contributed by atoms with Crippen molar-refractivity contribution in [2.75, 3.05) is 0 Å². The topological polar surface area (TPSA) is 0 Å². The molecular weight excluding hydrogens is 383 g/mol. The molecule has 2 fully saturated rings. The van der Waals surface area contributed by atoms with Gasteiger partial charge < -0.3 is 0 Å². The zero-order valence-corrected chi connectivity index (χ0v) is 17.3. The van der Waals surface area contributed by atoms with Gasteiger partial charge >= 0.3 is 6.18 Å². The molecule has 1 aromatic rings. The molecule has 0 N–H and O–H groups in total. The Morgan fingerprint density at radius 1 is 0.724 bits per heavy atom. The smallest absolute Gasteiger partial charge is 0.206 e. The minimum absolute atomic E-state index is 0.0398. The molecule has 0 amide bonds. The Labute approximate surface area is 171 Å². The van der Waals surface area contributed by atoms with Crippen LogP contribution < -0.4 is 0 Å². The number of rotatable bonds is 6. The molecule has 0 aliphatic heterocycles. The van der Waals surface area contributed by atoms with Gasteiger partial charge in [0.1, 0.15) is 17.2 Å². The van der Waals surface area contributed by atoms with Crippen LogP contribution in [-0.2, 0) is 6.18 Å². The van der Waals surface area contributed by atoms with Gasteiger partial charge in [0.15, 0.2) is 0 Å². The summed E-state index contributed by atoms with van der Waals surface area (Å²) in [6.45, 7) is 2.26. The first-order valence-electron chi connectivity index (χ1n) is 11.3. The molecule has 1 aromatic carbocycles. The average Bonchev–Trinajstić information content (AvgIpc) is 2.66. The van der Waals surface area contributed by atoms with Crippen molar-refractivity contribution in [1.29, 1.82) is 0 Å². The summed E-state index contributed by atoms with van der Waals surface area (Å²) in [6, 6.07) is 1.79. The first-order valence-corrected chi connectivity index (χ1v) is 11.3. The summed E-state index contributed by atoms with van der Waals surface area (Å²) in [6.07, 6.45) is 9.19. The number of benzene rings is 1. The molecule has 164 valence electrons. The van der Waals surface area contributed by atoms with E-state index in [0.717, 1.165) is 49.7 Å². The molecule has 2 aliphatic rings. The van der Waals surface area contributed by atoms with Crippen molar-refractivity contribution in [2.45, 2.75) is 96.1 Å². The predicted octanol–water partition coefficient (Wildman–Crippen LogP) is 8.64. The lowest BCUT2D eigenvalue weighted by Crippen LogP contribution is -2.18. The summed E-state index contributed by atoms with van der Waals surface area (Å²) in [5.41, 5.74) is -1.40. The fourth-order valence-electron chi connectivity index (χ4n) is 5.57. The SMILES string of the molecule is CCCC1CCC(CCC2CCC(c3cc(F)c(C(F)(F)F)c(F)c3)CC2)CC1. The standard InChI is InChI=1S/C24H33F5/c1-2-3-16-4-6-17(7-5-16)8-9-18-10-12-19(13-11-18)20-14-21(25)23(22(26)15-20)24(27,28)29/h14-19H,2-13H2,1H3. The Morgan fingerprint density at radius 3 is 1.55 bits per heavy atom. The fourth-order valence-corrected chi connectivity index (χ4v) is 5.57. The second-order valence-electron chi connectivity index (χ2n) is 9.33. The molecule has 0 saturated heterocycles. The monoisotopic (exact) mass is 416 g/mol. The largest absolute Gasteiger partial charge is 0.422 e. The summed E-state index contributed by atoms with van der Waals surface area (Å²) in [5, 5.41) is 0. The predicted molar refractivity (Wildman–Crippen MR) is 106 cm³/mol. The Morgan fingerprint density at radius 2 is 1.14 bits per heavy atom. The second kappa shape index (κ2) is 9.78. The third-order valence-corrected chi connectivity index (χ3v) is 7.31. The van der Waals surface area contributed by atoms with Crippen LogP contribution in [-0.4, -0.2) is 0 Å². The third-order valence-electron chi connectivity index (χ3n) is 7.31. The van der Waals surface area contributed by atoms with E-state index in [9.17, 15) is 22.0 Å².